The van der Waals surface area contributed by atoms with Crippen molar-refractivity contribution in [3.05, 3.63) is 95.1 Å². The van der Waals surface area contributed by atoms with Crippen LogP contribution in [0.5, 0.6) is 11.5 Å². The van der Waals surface area contributed by atoms with Crippen molar-refractivity contribution in [2.75, 3.05) is 26.7 Å². The molecule has 3 heteroatoms. The van der Waals surface area contributed by atoms with Crippen LogP contribution in [0.25, 0.3) is 0 Å². The number of hydrogen-bond acceptors (Lipinski definition) is 3. The summed E-state index contributed by atoms with van der Waals surface area (Å²) >= 11 is 0. The summed E-state index contributed by atoms with van der Waals surface area (Å²) < 4.78 is 6.04. The number of phenols is 1. The summed E-state index contributed by atoms with van der Waals surface area (Å²) in [6, 6.07) is 25.4. The maximum absolute atomic E-state index is 10.0. The Morgan fingerprint density at radius 2 is 1.71 bits per heavy atom. The molecule has 160 valence electrons. The average Bonchev–Trinajstić information content (AvgIpc) is 2.78. The minimum Gasteiger partial charge on any atom is -0.508 e. The number of nitrogens with zero attached hydrogens (tertiary/aromatic N) is 1. The van der Waals surface area contributed by atoms with Gasteiger partial charge in [-0.1, -0.05) is 48.5 Å². The van der Waals surface area contributed by atoms with E-state index in [1.165, 1.54) is 35.3 Å². The van der Waals surface area contributed by atoms with Crippen molar-refractivity contribution in [2.45, 2.75) is 31.1 Å². The van der Waals surface area contributed by atoms with Gasteiger partial charge < -0.3 is 14.7 Å². The monoisotopic (exact) mass is 413 g/mol. The largest absolute Gasteiger partial charge is 0.508 e. The molecule has 1 saturated heterocycles. The van der Waals surface area contributed by atoms with Gasteiger partial charge in [0.2, 0.25) is 0 Å². The lowest BCUT2D eigenvalue weighted by Crippen LogP contribution is -2.44. The van der Waals surface area contributed by atoms with E-state index in [1.54, 1.807) is 0 Å². The molecule has 2 atom stereocenters. The fraction of sp³-hybridized carbons (Fsp3) is 0.357. The summed E-state index contributed by atoms with van der Waals surface area (Å²) in [7, 11) is 2.17. The fourth-order valence-electron chi connectivity index (χ4n) is 5.40. The molecule has 3 aromatic rings. The highest BCUT2D eigenvalue weighted by Crippen LogP contribution is 2.47. The van der Waals surface area contributed by atoms with Crippen molar-refractivity contribution in [3.63, 3.8) is 0 Å². The topological polar surface area (TPSA) is 32.7 Å². The lowest BCUT2D eigenvalue weighted by molar-refractivity contribution is 0.110. The van der Waals surface area contributed by atoms with Gasteiger partial charge in [-0.05, 0) is 84.7 Å². The molecule has 0 unspecified atom stereocenters. The van der Waals surface area contributed by atoms with E-state index in [-0.39, 0.29) is 5.92 Å². The van der Waals surface area contributed by atoms with Gasteiger partial charge >= 0.3 is 0 Å². The van der Waals surface area contributed by atoms with Crippen LogP contribution in [-0.4, -0.2) is 36.8 Å². The summed E-state index contributed by atoms with van der Waals surface area (Å²) in [4.78, 5) is 2.35. The first-order valence-electron chi connectivity index (χ1n) is 11.5. The average molecular weight is 414 g/mol. The van der Waals surface area contributed by atoms with Crippen molar-refractivity contribution >= 4 is 0 Å². The molecule has 3 nitrogen and oxygen atoms in total. The zero-order valence-corrected chi connectivity index (χ0v) is 18.2. The Bertz CT molecular complexity index is 1010. The molecule has 0 saturated carbocycles. The molecule has 0 aromatic heterocycles. The minimum absolute atomic E-state index is 0.284. The molecule has 1 fully saturated rings. The summed E-state index contributed by atoms with van der Waals surface area (Å²) in [6.07, 6.45) is 3.21. The Hall–Kier alpha value is -2.78. The van der Waals surface area contributed by atoms with E-state index in [2.05, 4.69) is 72.6 Å². The maximum atomic E-state index is 10.0. The van der Waals surface area contributed by atoms with Gasteiger partial charge in [-0.3, -0.25) is 0 Å². The molecule has 1 aliphatic carbocycles. The number of hydrogen-bond donors (Lipinski definition) is 1. The SMILES string of the molecule is CN1CC(CCOc2ccc([C@H]3c4ccc(O)cc4CC[C@H]3c3ccccc3)cc2)C1. The van der Waals surface area contributed by atoms with Crippen LogP contribution in [0.3, 0.4) is 0 Å². The van der Waals surface area contributed by atoms with Crippen LogP contribution < -0.4 is 4.74 Å². The van der Waals surface area contributed by atoms with Crippen molar-refractivity contribution < 1.29 is 9.84 Å². The zero-order valence-electron chi connectivity index (χ0n) is 18.2. The number of aryl methyl sites for hydroxylation is 1. The van der Waals surface area contributed by atoms with Crippen LogP contribution in [0.1, 0.15) is 46.9 Å². The lowest BCUT2D eigenvalue weighted by atomic mass is 9.69. The van der Waals surface area contributed by atoms with Gasteiger partial charge in [0.25, 0.3) is 0 Å². The number of benzene rings is 3. The Balaban J connectivity index is 1.37. The van der Waals surface area contributed by atoms with Gasteiger partial charge in [-0.2, -0.15) is 0 Å². The molecule has 0 radical (unpaired) electrons. The normalized spacial score (nSPS) is 21.3. The molecule has 1 aliphatic heterocycles. The van der Waals surface area contributed by atoms with Crippen LogP contribution in [0.15, 0.2) is 72.8 Å². The second-order valence-electron chi connectivity index (χ2n) is 9.21. The highest BCUT2D eigenvalue weighted by molar-refractivity contribution is 5.48. The highest BCUT2D eigenvalue weighted by atomic mass is 16.5. The molecule has 0 bridgehead atoms. The van der Waals surface area contributed by atoms with Gasteiger partial charge in [-0.15, -0.1) is 0 Å². The molecule has 5 rings (SSSR count). The Kier molecular flexibility index (Phi) is 5.69. The van der Waals surface area contributed by atoms with E-state index >= 15 is 0 Å². The standard InChI is InChI=1S/C28H31NO2/c1-29-18-20(19-29)15-16-31-25-11-7-22(8-12-25)28-26(21-5-3-2-4-6-21)13-9-23-17-24(30)10-14-27(23)28/h2-8,10-12,14,17,20,26,28,30H,9,13,15-16,18-19H2,1H3/t26-,28+/m0/s1. The molecule has 0 amide bonds. The first-order chi connectivity index (χ1) is 15.2. The second kappa shape index (κ2) is 8.76. The van der Waals surface area contributed by atoms with E-state index < -0.39 is 0 Å². The van der Waals surface area contributed by atoms with Gasteiger partial charge in [0.15, 0.2) is 0 Å². The van der Waals surface area contributed by atoms with Crippen LogP contribution in [0, 0.1) is 5.92 Å². The molecule has 3 aromatic carbocycles. The first kappa shape index (κ1) is 20.1. The van der Waals surface area contributed by atoms with Crippen LogP contribution in [0.4, 0.5) is 0 Å². The van der Waals surface area contributed by atoms with E-state index in [0.717, 1.165) is 37.5 Å². The van der Waals surface area contributed by atoms with Crippen LogP contribution in [-0.2, 0) is 6.42 Å². The van der Waals surface area contributed by atoms with Crippen molar-refractivity contribution in [2.24, 2.45) is 5.92 Å². The van der Waals surface area contributed by atoms with Gasteiger partial charge in [0.1, 0.15) is 11.5 Å². The quantitative estimate of drug-likeness (QED) is 0.572. The van der Waals surface area contributed by atoms with Crippen molar-refractivity contribution in [1.29, 1.82) is 0 Å². The van der Waals surface area contributed by atoms with Gasteiger partial charge in [0.05, 0.1) is 6.61 Å². The zero-order chi connectivity index (χ0) is 21.2. The number of phenolic OH excluding ortho intramolecular Hbond substituents is 1. The van der Waals surface area contributed by atoms with Crippen molar-refractivity contribution in [3.8, 4) is 11.5 Å². The minimum atomic E-state index is 0.284. The van der Waals surface area contributed by atoms with Crippen LogP contribution >= 0.6 is 0 Å². The van der Waals surface area contributed by atoms with E-state index in [0.29, 0.717) is 11.7 Å². The first-order valence-corrected chi connectivity index (χ1v) is 11.5. The lowest BCUT2D eigenvalue weighted by Gasteiger charge is -2.36. The number of rotatable bonds is 6. The molecule has 1 N–H and O–H groups in total. The van der Waals surface area contributed by atoms with E-state index in [9.17, 15) is 5.11 Å². The summed E-state index contributed by atoms with van der Waals surface area (Å²) in [5.74, 6) is 2.81. The third-order valence-electron chi connectivity index (χ3n) is 6.99. The predicted molar refractivity (Wildman–Crippen MR) is 125 cm³/mol. The van der Waals surface area contributed by atoms with Crippen LogP contribution in [0.2, 0.25) is 0 Å². The third-order valence-corrected chi connectivity index (χ3v) is 6.99. The van der Waals surface area contributed by atoms with E-state index in [1.807, 2.05) is 12.1 Å². The molecular formula is C28H31NO2. The Morgan fingerprint density at radius 3 is 2.45 bits per heavy atom. The molecule has 0 spiro atoms. The second-order valence-corrected chi connectivity index (χ2v) is 9.21. The maximum Gasteiger partial charge on any atom is 0.119 e. The van der Waals surface area contributed by atoms with Gasteiger partial charge in [-0.25, -0.2) is 0 Å². The molecular weight excluding hydrogens is 382 g/mol. The number of ether oxygens (including phenoxy) is 1. The Labute approximate surface area is 185 Å². The number of likely N-dealkylation sites (tertiary alicyclic amines) is 1. The smallest absolute Gasteiger partial charge is 0.119 e. The summed E-state index contributed by atoms with van der Waals surface area (Å²) in [5, 5.41) is 10.0. The predicted octanol–water partition coefficient (Wildman–Crippen LogP) is 5.58. The number of fused-ring (bicyclic) bond motifs is 1. The summed E-state index contributed by atoms with van der Waals surface area (Å²) in [6.45, 7) is 3.18. The summed E-state index contributed by atoms with van der Waals surface area (Å²) in [5.41, 5.74) is 5.30. The third kappa shape index (κ3) is 4.33. The number of aromatic hydroxyl groups is 1. The molecule has 1 heterocycles. The molecule has 31 heavy (non-hydrogen) atoms. The van der Waals surface area contributed by atoms with Crippen molar-refractivity contribution in [1.82, 2.24) is 4.90 Å². The fourth-order valence-corrected chi connectivity index (χ4v) is 5.40. The highest BCUT2D eigenvalue weighted by Gasteiger charge is 2.32. The Morgan fingerprint density at radius 1 is 0.935 bits per heavy atom. The molecule has 2 aliphatic rings. The van der Waals surface area contributed by atoms with E-state index in [4.69, 9.17) is 4.74 Å². The van der Waals surface area contributed by atoms with Gasteiger partial charge in [0, 0.05) is 19.0 Å².